The van der Waals surface area contributed by atoms with Crippen LogP contribution in [0.2, 0.25) is 0 Å². The normalized spacial score (nSPS) is 10.8. The molecule has 58 valence electrons. The minimum Gasteiger partial charge on any atom is -0.519 e. The molecule has 1 N–H and O–H groups in total. The first kappa shape index (κ1) is 9.31. The molecule has 0 saturated heterocycles. The SMILES string of the molecule is C=COB(O)OC(F)(F)F. The molecule has 0 fully saturated rings. The Bertz CT molecular complexity index is 114. The smallest absolute Gasteiger partial charge is 0.519 e. The van der Waals surface area contributed by atoms with Crippen molar-refractivity contribution in [3.05, 3.63) is 12.8 Å². The summed E-state index contributed by atoms with van der Waals surface area (Å²) in [5, 5.41) is 8.15. The number of halogens is 3. The van der Waals surface area contributed by atoms with E-state index < -0.39 is 13.7 Å². The third-order valence-electron chi connectivity index (χ3n) is 0.447. The highest BCUT2D eigenvalue weighted by Gasteiger charge is 2.37. The summed E-state index contributed by atoms with van der Waals surface area (Å²) in [5.74, 6) is 0. The molecule has 0 aromatic heterocycles. The lowest BCUT2D eigenvalue weighted by atomic mass is 10.2. The van der Waals surface area contributed by atoms with Gasteiger partial charge < -0.3 is 9.68 Å². The van der Waals surface area contributed by atoms with Crippen molar-refractivity contribution in [1.29, 1.82) is 0 Å². The Labute approximate surface area is 55.2 Å². The molecule has 0 radical (unpaired) electrons. The molecule has 0 heterocycles. The summed E-state index contributed by atoms with van der Waals surface area (Å²) in [4.78, 5) is 0. The van der Waals surface area contributed by atoms with Crippen LogP contribution in [0, 0.1) is 0 Å². The van der Waals surface area contributed by atoms with Gasteiger partial charge in [-0.2, -0.15) is 0 Å². The second-order valence-electron chi connectivity index (χ2n) is 1.17. The molecule has 0 aliphatic rings. The van der Waals surface area contributed by atoms with E-state index in [9.17, 15) is 13.2 Å². The molecular formula is C3H4BF3O3. The summed E-state index contributed by atoms with van der Waals surface area (Å²) in [6.45, 7) is 2.90. The average Bonchev–Trinajstić information content (AvgIpc) is 1.59. The predicted octanol–water partition coefficient (Wildman–Crippen LogP) is 0.660. The standard InChI is InChI=1S/C3H4BF3O3/c1-2-9-4(8)10-3(5,6)7/h2,8H,1H2. The molecule has 0 atom stereocenters. The van der Waals surface area contributed by atoms with Crippen LogP contribution in [-0.4, -0.2) is 18.7 Å². The van der Waals surface area contributed by atoms with Crippen molar-refractivity contribution in [2.24, 2.45) is 0 Å². The Morgan fingerprint density at radius 1 is 1.50 bits per heavy atom. The lowest BCUT2D eigenvalue weighted by Gasteiger charge is -2.07. The molecule has 0 aromatic rings. The summed E-state index contributed by atoms with van der Waals surface area (Å²) in [6.07, 6.45) is -4.27. The van der Waals surface area contributed by atoms with E-state index >= 15 is 0 Å². The van der Waals surface area contributed by atoms with Crippen LogP contribution in [0.25, 0.3) is 0 Å². The van der Waals surface area contributed by atoms with Gasteiger partial charge in [0.05, 0.1) is 6.26 Å². The minimum atomic E-state index is -4.90. The first-order valence-corrected chi connectivity index (χ1v) is 2.14. The molecule has 7 heteroatoms. The molecule has 0 bridgehead atoms. The van der Waals surface area contributed by atoms with Crippen LogP contribution >= 0.6 is 0 Å². The van der Waals surface area contributed by atoms with E-state index in [1.54, 1.807) is 0 Å². The molecule has 0 aromatic carbocycles. The number of rotatable bonds is 3. The van der Waals surface area contributed by atoms with Crippen LogP contribution in [-0.2, 0) is 9.31 Å². The molecule has 0 aliphatic heterocycles. The quantitative estimate of drug-likeness (QED) is 0.481. The van der Waals surface area contributed by atoms with Crippen molar-refractivity contribution in [1.82, 2.24) is 0 Å². The maximum absolute atomic E-state index is 11.1. The van der Waals surface area contributed by atoms with Gasteiger partial charge in [0.25, 0.3) is 0 Å². The zero-order valence-electron chi connectivity index (χ0n) is 4.76. The Hall–Kier alpha value is -0.685. The molecule has 0 rings (SSSR count). The number of hydrogen-bond acceptors (Lipinski definition) is 3. The Balaban J connectivity index is 3.56. The van der Waals surface area contributed by atoms with Crippen molar-refractivity contribution < 1.29 is 27.5 Å². The molecule has 0 spiro atoms. The van der Waals surface area contributed by atoms with E-state index in [1.807, 2.05) is 0 Å². The van der Waals surface area contributed by atoms with Gasteiger partial charge in [-0.25, -0.2) is 0 Å². The summed E-state index contributed by atoms with van der Waals surface area (Å²) in [7, 11) is -2.34. The Morgan fingerprint density at radius 3 is 2.30 bits per heavy atom. The average molecular weight is 156 g/mol. The van der Waals surface area contributed by atoms with Crippen LogP contribution < -0.4 is 0 Å². The highest BCUT2D eigenvalue weighted by Crippen LogP contribution is 2.16. The van der Waals surface area contributed by atoms with Crippen LogP contribution in [0.5, 0.6) is 0 Å². The Morgan fingerprint density at radius 2 is 2.00 bits per heavy atom. The first-order chi connectivity index (χ1) is 4.45. The summed E-state index contributed by atoms with van der Waals surface area (Å²) >= 11 is 0. The van der Waals surface area contributed by atoms with Gasteiger partial charge in [0.15, 0.2) is 0 Å². The molecule has 0 unspecified atom stereocenters. The fourth-order valence-electron chi connectivity index (χ4n) is 0.224. The summed E-state index contributed by atoms with van der Waals surface area (Å²) in [6, 6.07) is 0. The van der Waals surface area contributed by atoms with E-state index in [0.29, 0.717) is 6.26 Å². The van der Waals surface area contributed by atoms with Crippen LogP contribution in [0.4, 0.5) is 13.2 Å². The van der Waals surface area contributed by atoms with Gasteiger partial charge in [0.1, 0.15) is 0 Å². The fraction of sp³-hybridized carbons (Fsp3) is 0.333. The second kappa shape index (κ2) is 3.48. The maximum atomic E-state index is 11.1. The number of hydrogen-bond donors (Lipinski definition) is 1. The van der Waals surface area contributed by atoms with E-state index in [-0.39, 0.29) is 0 Å². The first-order valence-electron chi connectivity index (χ1n) is 2.14. The lowest BCUT2D eigenvalue weighted by Crippen LogP contribution is -2.29. The van der Waals surface area contributed by atoms with E-state index in [1.165, 1.54) is 0 Å². The highest BCUT2D eigenvalue weighted by molar-refractivity contribution is 6.34. The molecule has 0 saturated carbocycles. The van der Waals surface area contributed by atoms with Crippen molar-refractivity contribution in [3.63, 3.8) is 0 Å². The van der Waals surface area contributed by atoms with Crippen molar-refractivity contribution in [2.75, 3.05) is 0 Å². The van der Waals surface area contributed by atoms with Crippen LogP contribution in [0.3, 0.4) is 0 Å². The summed E-state index contributed by atoms with van der Waals surface area (Å²) in [5.41, 5.74) is 0. The molecule has 10 heavy (non-hydrogen) atoms. The van der Waals surface area contributed by atoms with Gasteiger partial charge in [-0.15, -0.1) is 13.2 Å². The van der Waals surface area contributed by atoms with E-state index in [0.717, 1.165) is 0 Å². The topological polar surface area (TPSA) is 38.7 Å². The van der Waals surface area contributed by atoms with Crippen LogP contribution in [0.1, 0.15) is 0 Å². The molecular weight excluding hydrogens is 152 g/mol. The van der Waals surface area contributed by atoms with Gasteiger partial charge in [0.2, 0.25) is 0 Å². The fourth-order valence-corrected chi connectivity index (χ4v) is 0.224. The van der Waals surface area contributed by atoms with Gasteiger partial charge >= 0.3 is 13.7 Å². The van der Waals surface area contributed by atoms with Gasteiger partial charge in [0, 0.05) is 0 Å². The van der Waals surface area contributed by atoms with Crippen molar-refractivity contribution in [2.45, 2.75) is 6.36 Å². The maximum Gasteiger partial charge on any atom is 0.716 e. The van der Waals surface area contributed by atoms with Gasteiger partial charge in [-0.1, -0.05) is 6.58 Å². The highest BCUT2D eigenvalue weighted by atomic mass is 19.4. The monoisotopic (exact) mass is 156 g/mol. The molecule has 3 nitrogen and oxygen atoms in total. The largest absolute Gasteiger partial charge is 0.716 e. The molecule has 0 amide bonds. The second-order valence-corrected chi connectivity index (χ2v) is 1.17. The minimum absolute atomic E-state index is 0.635. The van der Waals surface area contributed by atoms with Gasteiger partial charge in [-0.3, -0.25) is 4.65 Å². The predicted molar refractivity (Wildman–Crippen MR) is 26.4 cm³/mol. The lowest BCUT2D eigenvalue weighted by molar-refractivity contribution is -0.289. The number of alkyl halides is 3. The van der Waals surface area contributed by atoms with E-state index in [4.69, 9.17) is 5.02 Å². The van der Waals surface area contributed by atoms with Gasteiger partial charge in [-0.05, 0) is 0 Å². The molecule has 0 aliphatic carbocycles. The zero-order valence-corrected chi connectivity index (χ0v) is 4.76. The van der Waals surface area contributed by atoms with E-state index in [2.05, 4.69) is 15.9 Å². The van der Waals surface area contributed by atoms with Crippen LogP contribution in [0.15, 0.2) is 12.8 Å². The third kappa shape index (κ3) is 5.45. The Kier molecular flexibility index (Phi) is 3.24. The summed E-state index contributed by atoms with van der Waals surface area (Å²) < 4.78 is 40.1. The van der Waals surface area contributed by atoms with Crippen molar-refractivity contribution in [3.8, 4) is 0 Å². The van der Waals surface area contributed by atoms with Crippen molar-refractivity contribution >= 4 is 7.32 Å². The third-order valence-corrected chi connectivity index (χ3v) is 0.447. The zero-order chi connectivity index (χ0) is 8.20.